The van der Waals surface area contributed by atoms with E-state index in [2.05, 4.69) is 10.6 Å². The summed E-state index contributed by atoms with van der Waals surface area (Å²) in [5, 5.41) is 5.54. The van der Waals surface area contributed by atoms with E-state index < -0.39 is 30.4 Å². The van der Waals surface area contributed by atoms with Gasteiger partial charge < -0.3 is 29.7 Å². The van der Waals surface area contributed by atoms with Crippen LogP contribution in [0.1, 0.15) is 54.6 Å². The maximum atomic E-state index is 13.1. The van der Waals surface area contributed by atoms with Crippen molar-refractivity contribution in [2.75, 3.05) is 20.3 Å². The molecule has 0 aliphatic carbocycles. The normalized spacial score (nSPS) is 22.8. The molecule has 2 heterocycles. The molecule has 186 valence electrons. The van der Waals surface area contributed by atoms with Gasteiger partial charge in [0, 0.05) is 18.7 Å². The zero-order valence-corrected chi connectivity index (χ0v) is 20.3. The van der Waals surface area contributed by atoms with Crippen LogP contribution in [0.2, 0.25) is 0 Å². The molecule has 4 atom stereocenters. The number of hydrogen-bond acceptors (Lipinski definition) is 7. The van der Waals surface area contributed by atoms with Crippen molar-refractivity contribution in [3.05, 3.63) is 28.8 Å². The Bertz CT molecular complexity index is 941. The molecule has 3 rings (SSSR count). The summed E-state index contributed by atoms with van der Waals surface area (Å²) in [5.41, 5.74) is 2.07. The maximum absolute atomic E-state index is 13.1. The largest absolute Gasteiger partial charge is 0.496 e. The highest BCUT2D eigenvalue weighted by molar-refractivity contribution is 5.99. The second-order valence-corrected chi connectivity index (χ2v) is 8.66. The number of ether oxygens (including phenoxy) is 3. The Morgan fingerprint density at radius 1 is 1.24 bits per heavy atom. The highest BCUT2D eigenvalue weighted by atomic mass is 16.7. The number of carbonyl (C=O) groups is 4. The lowest BCUT2D eigenvalue weighted by molar-refractivity contribution is -0.164. The summed E-state index contributed by atoms with van der Waals surface area (Å²) in [4.78, 5) is 52.0. The van der Waals surface area contributed by atoms with E-state index in [0.29, 0.717) is 37.3 Å². The van der Waals surface area contributed by atoms with Gasteiger partial charge in [-0.3, -0.25) is 19.2 Å². The lowest BCUT2D eigenvalue weighted by Gasteiger charge is -2.28. The van der Waals surface area contributed by atoms with E-state index in [0.717, 1.165) is 11.1 Å². The molecule has 0 bridgehead atoms. The van der Waals surface area contributed by atoms with Crippen LogP contribution < -0.4 is 15.4 Å². The Hall–Kier alpha value is -3.14. The average molecular weight is 476 g/mol. The summed E-state index contributed by atoms with van der Waals surface area (Å²) in [6.07, 6.45) is 0.345. The van der Waals surface area contributed by atoms with Crippen LogP contribution in [0.5, 0.6) is 5.75 Å². The lowest BCUT2D eigenvalue weighted by Crippen LogP contribution is -2.54. The molecule has 34 heavy (non-hydrogen) atoms. The zero-order valence-electron chi connectivity index (χ0n) is 20.3. The molecule has 0 saturated carbocycles. The number of hydrogen-bond donors (Lipinski definition) is 2. The predicted octanol–water partition coefficient (Wildman–Crippen LogP) is 1.22. The van der Waals surface area contributed by atoms with Gasteiger partial charge in [0.25, 0.3) is 5.91 Å². The van der Waals surface area contributed by atoms with Crippen molar-refractivity contribution < 1.29 is 33.4 Å². The summed E-state index contributed by atoms with van der Waals surface area (Å²) in [6.45, 7) is 7.82. The van der Waals surface area contributed by atoms with E-state index in [-0.39, 0.29) is 24.1 Å². The molecule has 2 aliphatic heterocycles. The Morgan fingerprint density at radius 2 is 1.91 bits per heavy atom. The SMILES string of the molecule is CCOC1OC(=O)CC1NC(=O)[C@@H]1CCCN1C(=O)[C@H](C)NC(=O)c1cc(C)c(OC)c(C)c1. The number of methoxy groups -OCH3 is 1. The van der Waals surface area contributed by atoms with Gasteiger partial charge in [-0.05, 0) is 63.8 Å². The fraction of sp³-hybridized carbons (Fsp3) is 0.583. The predicted molar refractivity (Wildman–Crippen MR) is 122 cm³/mol. The molecule has 0 spiro atoms. The molecule has 1 aromatic carbocycles. The number of cyclic esters (lactones) is 1. The Labute approximate surface area is 199 Å². The minimum atomic E-state index is -0.832. The zero-order chi connectivity index (χ0) is 25.0. The Morgan fingerprint density at radius 3 is 2.53 bits per heavy atom. The van der Waals surface area contributed by atoms with Gasteiger partial charge in [-0.15, -0.1) is 0 Å². The fourth-order valence-corrected chi connectivity index (χ4v) is 4.54. The molecule has 1 aromatic rings. The first-order chi connectivity index (χ1) is 16.2. The van der Waals surface area contributed by atoms with Crippen LogP contribution in [0.15, 0.2) is 12.1 Å². The van der Waals surface area contributed by atoms with Crippen LogP contribution in [-0.4, -0.2) is 73.3 Å². The second kappa shape index (κ2) is 10.9. The quantitative estimate of drug-likeness (QED) is 0.542. The van der Waals surface area contributed by atoms with Crippen LogP contribution in [0.25, 0.3) is 0 Å². The molecule has 0 aromatic heterocycles. The maximum Gasteiger partial charge on any atom is 0.310 e. The Kier molecular flexibility index (Phi) is 8.14. The third-order valence-electron chi connectivity index (χ3n) is 6.10. The molecule has 2 N–H and O–H groups in total. The van der Waals surface area contributed by atoms with Crippen molar-refractivity contribution in [3.63, 3.8) is 0 Å². The van der Waals surface area contributed by atoms with Crippen LogP contribution in [-0.2, 0) is 23.9 Å². The van der Waals surface area contributed by atoms with E-state index in [1.807, 2.05) is 13.8 Å². The number of likely N-dealkylation sites (tertiary alicyclic amines) is 1. The summed E-state index contributed by atoms with van der Waals surface area (Å²) >= 11 is 0. The third-order valence-corrected chi connectivity index (χ3v) is 6.10. The van der Waals surface area contributed by atoms with E-state index in [1.165, 1.54) is 4.90 Å². The van der Waals surface area contributed by atoms with Crippen LogP contribution in [0, 0.1) is 13.8 Å². The molecule has 2 unspecified atom stereocenters. The highest BCUT2D eigenvalue weighted by Crippen LogP contribution is 2.25. The van der Waals surface area contributed by atoms with Crippen LogP contribution in [0.4, 0.5) is 0 Å². The number of rotatable bonds is 8. The first kappa shape index (κ1) is 25.5. The van der Waals surface area contributed by atoms with Gasteiger partial charge >= 0.3 is 5.97 Å². The molecular formula is C24H33N3O7. The van der Waals surface area contributed by atoms with Crippen molar-refractivity contribution in [3.8, 4) is 5.75 Å². The van der Waals surface area contributed by atoms with Gasteiger partial charge in [-0.2, -0.15) is 0 Å². The smallest absolute Gasteiger partial charge is 0.310 e. The first-order valence-corrected chi connectivity index (χ1v) is 11.5. The molecule has 10 heteroatoms. The van der Waals surface area contributed by atoms with E-state index in [9.17, 15) is 19.2 Å². The van der Waals surface area contributed by atoms with Gasteiger partial charge in [-0.1, -0.05) is 0 Å². The third kappa shape index (κ3) is 5.49. The van der Waals surface area contributed by atoms with Gasteiger partial charge in [0.2, 0.25) is 18.1 Å². The standard InChI is InChI=1S/C24H33N3O7/c1-6-33-24-17(12-19(28)34-24)26-22(30)18-8-7-9-27(18)23(31)15(4)25-21(29)16-10-13(2)20(32-5)14(3)11-16/h10-11,15,17-18,24H,6-9,12H2,1-5H3,(H,25,29)(H,26,30)/t15-,17?,18-,24?/m0/s1. The molecule has 0 radical (unpaired) electrons. The first-order valence-electron chi connectivity index (χ1n) is 11.5. The minimum Gasteiger partial charge on any atom is -0.496 e. The molecule has 2 aliphatic rings. The van der Waals surface area contributed by atoms with Gasteiger partial charge in [0.15, 0.2) is 0 Å². The number of nitrogens with zero attached hydrogens (tertiary/aromatic N) is 1. The molecule has 3 amide bonds. The molecule has 10 nitrogen and oxygen atoms in total. The van der Waals surface area contributed by atoms with Crippen molar-refractivity contribution in [1.82, 2.24) is 15.5 Å². The number of amides is 3. The number of nitrogens with one attached hydrogen (secondary N) is 2. The number of aryl methyl sites for hydroxylation is 2. The van der Waals surface area contributed by atoms with Crippen LogP contribution >= 0.6 is 0 Å². The van der Waals surface area contributed by atoms with Crippen molar-refractivity contribution in [2.45, 2.75) is 71.4 Å². The minimum absolute atomic E-state index is 0.0181. The van der Waals surface area contributed by atoms with E-state index in [1.54, 1.807) is 33.1 Å². The van der Waals surface area contributed by atoms with E-state index in [4.69, 9.17) is 14.2 Å². The summed E-state index contributed by atoms with van der Waals surface area (Å²) in [5.74, 6) is -0.807. The van der Waals surface area contributed by atoms with Crippen molar-refractivity contribution >= 4 is 23.7 Å². The monoisotopic (exact) mass is 475 g/mol. The van der Waals surface area contributed by atoms with Gasteiger partial charge in [0.05, 0.1) is 13.5 Å². The van der Waals surface area contributed by atoms with Crippen LogP contribution in [0.3, 0.4) is 0 Å². The fourth-order valence-electron chi connectivity index (χ4n) is 4.54. The number of esters is 1. The summed E-state index contributed by atoms with van der Waals surface area (Å²) in [7, 11) is 1.58. The van der Waals surface area contributed by atoms with Gasteiger partial charge in [0.1, 0.15) is 23.9 Å². The number of carbonyl (C=O) groups excluding carboxylic acids is 4. The molecule has 2 saturated heterocycles. The van der Waals surface area contributed by atoms with Gasteiger partial charge in [-0.25, -0.2) is 0 Å². The summed E-state index contributed by atoms with van der Waals surface area (Å²) < 4.78 is 15.8. The molecular weight excluding hydrogens is 442 g/mol. The highest BCUT2D eigenvalue weighted by Gasteiger charge is 2.41. The lowest BCUT2D eigenvalue weighted by atomic mass is 10.0. The average Bonchev–Trinajstić information content (AvgIpc) is 3.40. The van der Waals surface area contributed by atoms with Crippen molar-refractivity contribution in [1.29, 1.82) is 0 Å². The Balaban J connectivity index is 1.63. The summed E-state index contributed by atoms with van der Waals surface area (Å²) in [6, 6.07) is 1.32. The second-order valence-electron chi connectivity index (χ2n) is 8.66. The van der Waals surface area contributed by atoms with E-state index >= 15 is 0 Å². The number of benzene rings is 1. The molecule has 2 fully saturated rings. The van der Waals surface area contributed by atoms with Crippen molar-refractivity contribution in [2.24, 2.45) is 0 Å². The topological polar surface area (TPSA) is 123 Å².